The molecule has 0 radical (unpaired) electrons. The standard InChI is InChI=1S/C16H19N3OS2/c1-10-11(2)22-15(18-10)9-17-16(20)19-13-7-8-21-14-6-4-3-5-12(13)14/h3-6,13H,7-9H2,1-2H3,(H2,17,19,20)/t13-/m0/s1. The number of hydrogen-bond acceptors (Lipinski definition) is 4. The fourth-order valence-corrected chi connectivity index (χ4v) is 4.47. The molecule has 1 aromatic carbocycles. The summed E-state index contributed by atoms with van der Waals surface area (Å²) in [5, 5.41) is 6.94. The van der Waals surface area contributed by atoms with E-state index in [1.54, 1.807) is 11.3 Å². The highest BCUT2D eigenvalue weighted by Gasteiger charge is 2.21. The summed E-state index contributed by atoms with van der Waals surface area (Å²) in [4.78, 5) is 19.0. The minimum Gasteiger partial charge on any atom is -0.332 e. The Labute approximate surface area is 138 Å². The van der Waals surface area contributed by atoms with Crippen LogP contribution < -0.4 is 10.6 Å². The van der Waals surface area contributed by atoms with Crippen molar-refractivity contribution >= 4 is 29.1 Å². The lowest BCUT2D eigenvalue weighted by molar-refractivity contribution is 0.236. The average molecular weight is 333 g/mol. The maximum absolute atomic E-state index is 12.1. The van der Waals surface area contributed by atoms with E-state index in [-0.39, 0.29) is 12.1 Å². The van der Waals surface area contributed by atoms with Crippen LogP contribution in [0.3, 0.4) is 0 Å². The molecule has 116 valence electrons. The lowest BCUT2D eigenvalue weighted by atomic mass is 10.0. The number of amides is 2. The van der Waals surface area contributed by atoms with Crippen LogP contribution >= 0.6 is 23.1 Å². The normalized spacial score (nSPS) is 16.9. The lowest BCUT2D eigenvalue weighted by Crippen LogP contribution is -2.38. The number of benzene rings is 1. The average Bonchev–Trinajstić information content (AvgIpc) is 2.84. The van der Waals surface area contributed by atoms with Crippen molar-refractivity contribution in [1.29, 1.82) is 0 Å². The van der Waals surface area contributed by atoms with Gasteiger partial charge in [-0.1, -0.05) is 18.2 Å². The summed E-state index contributed by atoms with van der Waals surface area (Å²) < 4.78 is 0. The highest BCUT2D eigenvalue weighted by Crippen LogP contribution is 2.35. The van der Waals surface area contributed by atoms with E-state index in [0.717, 1.165) is 22.9 Å². The maximum atomic E-state index is 12.1. The zero-order valence-corrected chi connectivity index (χ0v) is 14.3. The van der Waals surface area contributed by atoms with Crippen LogP contribution in [0.2, 0.25) is 0 Å². The molecule has 2 heterocycles. The summed E-state index contributed by atoms with van der Waals surface area (Å²) in [6, 6.07) is 8.25. The summed E-state index contributed by atoms with van der Waals surface area (Å²) in [7, 11) is 0. The van der Waals surface area contributed by atoms with Gasteiger partial charge in [0.2, 0.25) is 0 Å². The van der Waals surface area contributed by atoms with Gasteiger partial charge >= 0.3 is 6.03 Å². The van der Waals surface area contributed by atoms with Crippen LogP contribution in [0.4, 0.5) is 4.79 Å². The first-order chi connectivity index (χ1) is 10.6. The van der Waals surface area contributed by atoms with Crippen LogP contribution in [0.15, 0.2) is 29.2 Å². The Bertz CT molecular complexity index is 664. The molecule has 0 aliphatic carbocycles. The Balaban J connectivity index is 1.58. The van der Waals surface area contributed by atoms with Gasteiger partial charge in [0.15, 0.2) is 0 Å². The van der Waals surface area contributed by atoms with Gasteiger partial charge in [-0.15, -0.1) is 23.1 Å². The second-order valence-corrected chi connectivity index (χ2v) is 7.73. The van der Waals surface area contributed by atoms with E-state index in [4.69, 9.17) is 0 Å². The van der Waals surface area contributed by atoms with Crippen LogP contribution in [0, 0.1) is 13.8 Å². The predicted octanol–water partition coefficient (Wildman–Crippen LogP) is 3.80. The topological polar surface area (TPSA) is 54.0 Å². The predicted molar refractivity (Wildman–Crippen MR) is 91.5 cm³/mol. The highest BCUT2D eigenvalue weighted by molar-refractivity contribution is 7.99. The number of carbonyl (C=O) groups is 1. The molecule has 0 saturated carbocycles. The van der Waals surface area contributed by atoms with Gasteiger partial charge in [0.1, 0.15) is 5.01 Å². The summed E-state index contributed by atoms with van der Waals surface area (Å²) in [5.74, 6) is 1.03. The van der Waals surface area contributed by atoms with Crippen molar-refractivity contribution in [2.24, 2.45) is 0 Å². The van der Waals surface area contributed by atoms with Crippen molar-refractivity contribution < 1.29 is 4.79 Å². The number of thioether (sulfide) groups is 1. The molecule has 1 aliphatic heterocycles. The summed E-state index contributed by atoms with van der Waals surface area (Å²) >= 11 is 3.49. The molecular weight excluding hydrogens is 314 g/mol. The molecule has 2 aromatic rings. The quantitative estimate of drug-likeness (QED) is 0.898. The maximum Gasteiger partial charge on any atom is 0.315 e. The van der Waals surface area contributed by atoms with Crippen LogP contribution in [-0.2, 0) is 6.54 Å². The smallest absolute Gasteiger partial charge is 0.315 e. The van der Waals surface area contributed by atoms with E-state index in [9.17, 15) is 4.79 Å². The molecule has 0 fully saturated rings. The van der Waals surface area contributed by atoms with Crippen molar-refractivity contribution in [2.75, 3.05) is 5.75 Å². The molecule has 3 rings (SSSR count). The van der Waals surface area contributed by atoms with Crippen LogP contribution in [0.5, 0.6) is 0 Å². The van der Waals surface area contributed by atoms with E-state index < -0.39 is 0 Å². The van der Waals surface area contributed by atoms with E-state index >= 15 is 0 Å². The van der Waals surface area contributed by atoms with Crippen LogP contribution in [0.25, 0.3) is 0 Å². The molecule has 1 aromatic heterocycles. The SMILES string of the molecule is Cc1nc(CNC(=O)N[C@H]2CCSc3ccccc32)sc1C. The van der Waals surface area contributed by atoms with Crippen molar-refractivity contribution in [2.45, 2.75) is 37.8 Å². The molecule has 0 saturated heterocycles. The fourth-order valence-electron chi connectivity index (χ4n) is 2.47. The second kappa shape index (κ2) is 6.71. The number of nitrogens with zero attached hydrogens (tertiary/aromatic N) is 1. The summed E-state index contributed by atoms with van der Waals surface area (Å²) in [5.41, 5.74) is 2.26. The van der Waals surface area contributed by atoms with Gasteiger partial charge in [-0.2, -0.15) is 0 Å². The van der Waals surface area contributed by atoms with Crippen molar-refractivity contribution in [3.05, 3.63) is 45.4 Å². The number of urea groups is 1. The molecule has 4 nitrogen and oxygen atoms in total. The number of nitrogens with one attached hydrogen (secondary N) is 2. The Hall–Kier alpha value is -1.53. The number of thiazole rings is 1. The lowest BCUT2D eigenvalue weighted by Gasteiger charge is -2.25. The zero-order chi connectivity index (χ0) is 15.5. The first-order valence-corrected chi connectivity index (χ1v) is 9.12. The third-order valence-electron chi connectivity index (χ3n) is 3.74. The molecule has 1 aliphatic rings. The third-order valence-corrected chi connectivity index (χ3v) is 5.93. The minimum absolute atomic E-state index is 0.0946. The van der Waals surface area contributed by atoms with Crippen LogP contribution in [0.1, 0.15) is 33.6 Å². The molecular formula is C16H19N3OS2. The first kappa shape index (κ1) is 15.4. The largest absolute Gasteiger partial charge is 0.332 e. The Kier molecular flexibility index (Phi) is 4.69. The monoisotopic (exact) mass is 333 g/mol. The van der Waals surface area contributed by atoms with Gasteiger partial charge < -0.3 is 10.6 Å². The van der Waals surface area contributed by atoms with E-state index in [1.807, 2.05) is 37.7 Å². The molecule has 0 unspecified atom stereocenters. The van der Waals surface area contributed by atoms with Gasteiger partial charge in [0.05, 0.1) is 18.3 Å². The number of aryl methyl sites for hydroxylation is 2. The number of hydrogen-bond donors (Lipinski definition) is 2. The van der Waals surface area contributed by atoms with Crippen molar-refractivity contribution in [1.82, 2.24) is 15.6 Å². The van der Waals surface area contributed by atoms with Crippen LogP contribution in [-0.4, -0.2) is 16.8 Å². The molecule has 22 heavy (non-hydrogen) atoms. The second-order valence-electron chi connectivity index (χ2n) is 5.30. The van der Waals surface area contributed by atoms with Crippen molar-refractivity contribution in [3.8, 4) is 0 Å². The Morgan fingerprint density at radius 3 is 2.95 bits per heavy atom. The number of carbonyl (C=O) groups excluding carboxylic acids is 1. The van der Waals surface area contributed by atoms with Gasteiger partial charge in [0, 0.05) is 15.5 Å². The Morgan fingerprint density at radius 1 is 1.36 bits per heavy atom. The molecule has 0 spiro atoms. The number of rotatable bonds is 3. The Morgan fingerprint density at radius 2 is 2.18 bits per heavy atom. The molecule has 1 atom stereocenters. The van der Waals surface area contributed by atoms with Gasteiger partial charge in [-0.25, -0.2) is 9.78 Å². The van der Waals surface area contributed by atoms with Crippen molar-refractivity contribution in [3.63, 3.8) is 0 Å². The molecule has 6 heteroatoms. The third kappa shape index (κ3) is 3.44. The molecule has 2 amide bonds. The fraction of sp³-hybridized carbons (Fsp3) is 0.375. The highest BCUT2D eigenvalue weighted by atomic mass is 32.2. The summed E-state index contributed by atoms with van der Waals surface area (Å²) in [6.45, 7) is 4.52. The molecule has 2 N–H and O–H groups in total. The summed E-state index contributed by atoms with van der Waals surface area (Å²) in [6.07, 6.45) is 0.963. The number of fused-ring (bicyclic) bond motifs is 1. The zero-order valence-electron chi connectivity index (χ0n) is 12.7. The molecule has 0 bridgehead atoms. The van der Waals surface area contributed by atoms with Gasteiger partial charge in [0.25, 0.3) is 0 Å². The first-order valence-electron chi connectivity index (χ1n) is 7.32. The van der Waals surface area contributed by atoms with E-state index in [1.165, 1.54) is 15.3 Å². The minimum atomic E-state index is -0.128. The van der Waals surface area contributed by atoms with E-state index in [2.05, 4.69) is 27.8 Å². The van der Waals surface area contributed by atoms with Gasteiger partial charge in [-0.3, -0.25) is 0 Å². The van der Waals surface area contributed by atoms with Gasteiger partial charge in [-0.05, 0) is 31.9 Å². The van der Waals surface area contributed by atoms with E-state index in [0.29, 0.717) is 6.54 Å². The number of aromatic nitrogens is 1.